The maximum Gasteiger partial charge on any atom is 0.119 e. The van der Waals surface area contributed by atoms with Gasteiger partial charge >= 0.3 is 0 Å². The fourth-order valence-electron chi connectivity index (χ4n) is 2.39. The summed E-state index contributed by atoms with van der Waals surface area (Å²) in [6.45, 7) is 2.89. The number of thiazole rings is 1. The molecule has 3 rings (SSSR count). The minimum atomic E-state index is 0.114. The standard InChI is InChI=1S/C17H21NO2S/c1-2-12-3-7-14(8-4-12)20-10-9-16-18-17(13-5-6-13)15(11-19)21-16/h3-4,7-8,13,19H,2,5-6,9-11H2,1H3. The maximum absolute atomic E-state index is 9.40. The normalized spacial score (nSPS) is 14.4. The van der Waals surface area contributed by atoms with Crippen molar-refractivity contribution in [3.63, 3.8) is 0 Å². The number of aliphatic hydroxyl groups excluding tert-OH is 1. The lowest BCUT2D eigenvalue weighted by Gasteiger charge is -2.05. The van der Waals surface area contributed by atoms with Crippen molar-refractivity contribution in [1.29, 1.82) is 0 Å². The minimum Gasteiger partial charge on any atom is -0.493 e. The number of ether oxygens (including phenoxy) is 1. The number of aliphatic hydroxyl groups is 1. The molecule has 1 heterocycles. The number of nitrogens with zero attached hydrogens (tertiary/aromatic N) is 1. The van der Waals surface area contributed by atoms with E-state index in [4.69, 9.17) is 4.74 Å². The Morgan fingerprint density at radius 1 is 1.29 bits per heavy atom. The van der Waals surface area contributed by atoms with Crippen molar-refractivity contribution in [2.24, 2.45) is 0 Å². The van der Waals surface area contributed by atoms with E-state index >= 15 is 0 Å². The number of hydrogen-bond acceptors (Lipinski definition) is 4. The van der Waals surface area contributed by atoms with E-state index in [9.17, 15) is 5.11 Å². The summed E-state index contributed by atoms with van der Waals surface area (Å²) >= 11 is 1.63. The highest BCUT2D eigenvalue weighted by atomic mass is 32.1. The molecule has 2 aromatic rings. The molecule has 0 atom stereocenters. The highest BCUT2D eigenvalue weighted by Gasteiger charge is 2.29. The smallest absolute Gasteiger partial charge is 0.119 e. The van der Waals surface area contributed by atoms with Crippen LogP contribution in [0.5, 0.6) is 5.75 Å². The predicted octanol–water partition coefficient (Wildman–Crippen LogP) is 3.70. The zero-order valence-electron chi connectivity index (χ0n) is 12.3. The van der Waals surface area contributed by atoms with Gasteiger partial charge in [-0.3, -0.25) is 0 Å². The summed E-state index contributed by atoms with van der Waals surface area (Å²) in [5.74, 6) is 1.51. The minimum absolute atomic E-state index is 0.114. The summed E-state index contributed by atoms with van der Waals surface area (Å²) < 4.78 is 5.77. The Balaban J connectivity index is 1.54. The molecule has 1 fully saturated rings. The van der Waals surface area contributed by atoms with Crippen molar-refractivity contribution < 1.29 is 9.84 Å². The molecule has 4 heteroatoms. The molecule has 0 saturated heterocycles. The van der Waals surface area contributed by atoms with Gasteiger partial charge in [0.05, 0.1) is 28.8 Å². The van der Waals surface area contributed by atoms with Crippen LogP contribution in [0.2, 0.25) is 0 Å². The second kappa shape index (κ2) is 6.58. The largest absolute Gasteiger partial charge is 0.493 e. The van der Waals surface area contributed by atoms with E-state index in [0.29, 0.717) is 12.5 Å². The monoisotopic (exact) mass is 303 g/mol. The summed E-state index contributed by atoms with van der Waals surface area (Å²) in [5, 5.41) is 10.5. The van der Waals surface area contributed by atoms with Crippen molar-refractivity contribution in [3.05, 3.63) is 45.4 Å². The van der Waals surface area contributed by atoms with Gasteiger partial charge in [-0.25, -0.2) is 4.98 Å². The highest BCUT2D eigenvalue weighted by molar-refractivity contribution is 7.11. The van der Waals surface area contributed by atoms with Crippen LogP contribution in [0.3, 0.4) is 0 Å². The number of hydrogen-bond donors (Lipinski definition) is 1. The number of benzene rings is 1. The van der Waals surface area contributed by atoms with E-state index < -0.39 is 0 Å². The summed E-state index contributed by atoms with van der Waals surface area (Å²) in [7, 11) is 0. The lowest BCUT2D eigenvalue weighted by molar-refractivity contribution is 0.284. The Bertz CT molecular complexity index is 587. The van der Waals surface area contributed by atoms with Gasteiger partial charge in [0, 0.05) is 12.3 Å². The second-order valence-electron chi connectivity index (χ2n) is 5.44. The lowest BCUT2D eigenvalue weighted by atomic mass is 10.2. The van der Waals surface area contributed by atoms with E-state index in [1.54, 1.807) is 11.3 Å². The third-order valence-electron chi connectivity index (χ3n) is 3.80. The Morgan fingerprint density at radius 2 is 2.05 bits per heavy atom. The molecular weight excluding hydrogens is 282 g/mol. The zero-order chi connectivity index (χ0) is 14.7. The Kier molecular flexibility index (Phi) is 4.56. The first kappa shape index (κ1) is 14.5. The molecule has 0 aliphatic heterocycles. The van der Waals surface area contributed by atoms with Crippen LogP contribution in [0.25, 0.3) is 0 Å². The maximum atomic E-state index is 9.40. The van der Waals surface area contributed by atoms with Crippen molar-refractivity contribution >= 4 is 11.3 Å². The third-order valence-corrected chi connectivity index (χ3v) is 4.91. The molecule has 1 N–H and O–H groups in total. The molecule has 1 aliphatic carbocycles. The summed E-state index contributed by atoms with van der Waals surface area (Å²) in [6, 6.07) is 8.26. The average molecular weight is 303 g/mol. The number of aryl methyl sites for hydroxylation is 1. The molecule has 21 heavy (non-hydrogen) atoms. The van der Waals surface area contributed by atoms with Crippen LogP contribution in [0, 0.1) is 0 Å². The second-order valence-corrected chi connectivity index (χ2v) is 6.61. The van der Waals surface area contributed by atoms with Crippen molar-refractivity contribution in [3.8, 4) is 5.75 Å². The molecule has 0 radical (unpaired) electrons. The van der Waals surface area contributed by atoms with Gasteiger partial charge in [-0.15, -0.1) is 11.3 Å². The van der Waals surface area contributed by atoms with Gasteiger partial charge in [0.25, 0.3) is 0 Å². The molecule has 0 spiro atoms. The van der Waals surface area contributed by atoms with E-state index in [1.807, 2.05) is 12.1 Å². The quantitative estimate of drug-likeness (QED) is 0.848. The molecule has 112 valence electrons. The average Bonchev–Trinajstić information content (AvgIpc) is 3.29. The molecule has 0 unspecified atom stereocenters. The molecule has 1 aromatic carbocycles. The van der Waals surface area contributed by atoms with Crippen molar-refractivity contribution in [2.45, 2.75) is 45.1 Å². The van der Waals surface area contributed by atoms with Gasteiger partial charge in [-0.2, -0.15) is 0 Å². The topological polar surface area (TPSA) is 42.4 Å². The number of aromatic nitrogens is 1. The molecule has 1 saturated carbocycles. The highest BCUT2D eigenvalue weighted by Crippen LogP contribution is 2.42. The van der Waals surface area contributed by atoms with Crippen molar-refractivity contribution in [1.82, 2.24) is 4.98 Å². The first-order valence-corrected chi connectivity index (χ1v) is 8.43. The molecular formula is C17H21NO2S. The molecule has 3 nitrogen and oxygen atoms in total. The summed E-state index contributed by atoms with van der Waals surface area (Å²) in [5.41, 5.74) is 2.45. The van der Waals surface area contributed by atoms with Crippen LogP contribution in [0.15, 0.2) is 24.3 Å². The summed E-state index contributed by atoms with van der Waals surface area (Å²) in [4.78, 5) is 5.72. The van der Waals surface area contributed by atoms with Gasteiger partial charge < -0.3 is 9.84 Å². The van der Waals surface area contributed by atoms with Gasteiger partial charge in [0.1, 0.15) is 5.75 Å². The lowest BCUT2D eigenvalue weighted by Crippen LogP contribution is -2.01. The fourth-order valence-corrected chi connectivity index (χ4v) is 3.38. The van der Waals surface area contributed by atoms with Crippen LogP contribution in [0.1, 0.15) is 46.8 Å². The first-order chi connectivity index (χ1) is 10.3. The van der Waals surface area contributed by atoms with Crippen LogP contribution in [-0.2, 0) is 19.4 Å². The van der Waals surface area contributed by atoms with Gasteiger partial charge in [0.2, 0.25) is 0 Å². The van der Waals surface area contributed by atoms with Gasteiger partial charge in [0.15, 0.2) is 0 Å². The van der Waals surface area contributed by atoms with Crippen LogP contribution in [-0.4, -0.2) is 16.7 Å². The molecule has 1 aliphatic rings. The molecule has 1 aromatic heterocycles. The van der Waals surface area contributed by atoms with Crippen molar-refractivity contribution in [2.75, 3.05) is 6.61 Å². The Morgan fingerprint density at radius 3 is 2.67 bits per heavy atom. The summed E-state index contributed by atoms with van der Waals surface area (Å²) in [6.07, 6.45) is 4.29. The van der Waals surface area contributed by atoms with Crippen LogP contribution >= 0.6 is 11.3 Å². The molecule has 0 bridgehead atoms. The van der Waals surface area contributed by atoms with Crippen LogP contribution in [0.4, 0.5) is 0 Å². The van der Waals surface area contributed by atoms with E-state index in [-0.39, 0.29) is 6.61 Å². The fraction of sp³-hybridized carbons (Fsp3) is 0.471. The van der Waals surface area contributed by atoms with E-state index in [0.717, 1.165) is 34.2 Å². The van der Waals surface area contributed by atoms with Crippen LogP contribution < -0.4 is 4.74 Å². The van der Waals surface area contributed by atoms with E-state index in [2.05, 4.69) is 24.0 Å². The van der Waals surface area contributed by atoms with Gasteiger partial charge in [-0.05, 0) is 37.0 Å². The first-order valence-electron chi connectivity index (χ1n) is 7.61. The SMILES string of the molecule is CCc1ccc(OCCc2nc(C3CC3)c(CO)s2)cc1. The van der Waals surface area contributed by atoms with Gasteiger partial charge in [-0.1, -0.05) is 19.1 Å². The Labute approximate surface area is 129 Å². The predicted molar refractivity (Wildman–Crippen MR) is 85.0 cm³/mol. The Hall–Kier alpha value is -1.39. The number of rotatable bonds is 7. The molecule has 0 amide bonds. The zero-order valence-corrected chi connectivity index (χ0v) is 13.2. The van der Waals surface area contributed by atoms with E-state index in [1.165, 1.54) is 18.4 Å². The third kappa shape index (κ3) is 3.63.